The average Bonchev–Trinajstić information content (AvgIpc) is 2.70. The van der Waals surface area contributed by atoms with Crippen molar-refractivity contribution in [2.24, 2.45) is 5.73 Å². The van der Waals surface area contributed by atoms with E-state index in [1.165, 1.54) is 61.7 Å². The van der Waals surface area contributed by atoms with Crippen LogP contribution in [0, 0.1) is 5.82 Å². The van der Waals surface area contributed by atoms with Crippen molar-refractivity contribution >= 4 is 17.5 Å². The van der Waals surface area contributed by atoms with E-state index in [0.29, 0.717) is 22.5 Å². The molecule has 1 aromatic heterocycles. The number of primary amides is 1. The normalized spacial score (nSPS) is 10.4. The van der Waals surface area contributed by atoms with Crippen molar-refractivity contribution in [3.05, 3.63) is 76.3 Å². The third-order valence-electron chi connectivity index (χ3n) is 4.05. The van der Waals surface area contributed by atoms with Crippen molar-refractivity contribution in [1.82, 2.24) is 9.78 Å². The largest absolute Gasteiger partial charge is 0.496 e. The SMILES string of the molecule is COc1cc(F)ccc1-c1ccc(=O)n(CC(=O)Nc2ccc(C(N)=O)cc2)n1. The van der Waals surface area contributed by atoms with Crippen LogP contribution in [0.2, 0.25) is 0 Å². The highest BCUT2D eigenvalue weighted by Gasteiger charge is 2.12. The van der Waals surface area contributed by atoms with Crippen LogP contribution in [0.3, 0.4) is 0 Å². The van der Waals surface area contributed by atoms with Crippen molar-refractivity contribution in [2.45, 2.75) is 6.54 Å². The first kappa shape index (κ1) is 19.7. The predicted octanol–water partition coefficient (Wildman–Crippen LogP) is 1.80. The maximum absolute atomic E-state index is 13.4. The Morgan fingerprint density at radius 2 is 1.86 bits per heavy atom. The number of rotatable bonds is 6. The molecule has 9 heteroatoms. The summed E-state index contributed by atoms with van der Waals surface area (Å²) in [6, 6.07) is 12.7. The van der Waals surface area contributed by atoms with Gasteiger partial charge in [-0.2, -0.15) is 5.10 Å². The highest BCUT2D eigenvalue weighted by atomic mass is 19.1. The van der Waals surface area contributed by atoms with Crippen molar-refractivity contribution in [3.8, 4) is 17.0 Å². The van der Waals surface area contributed by atoms with Gasteiger partial charge in [0.25, 0.3) is 5.56 Å². The number of ether oxygens (including phenoxy) is 1. The van der Waals surface area contributed by atoms with Crippen LogP contribution >= 0.6 is 0 Å². The fraction of sp³-hybridized carbons (Fsp3) is 0.100. The lowest BCUT2D eigenvalue weighted by Crippen LogP contribution is -2.29. The first-order chi connectivity index (χ1) is 13.9. The highest BCUT2D eigenvalue weighted by molar-refractivity contribution is 5.94. The summed E-state index contributed by atoms with van der Waals surface area (Å²) in [4.78, 5) is 35.5. The van der Waals surface area contributed by atoms with Crippen LogP contribution in [0.25, 0.3) is 11.3 Å². The number of nitrogens with one attached hydrogen (secondary N) is 1. The topological polar surface area (TPSA) is 116 Å². The number of halogens is 1. The number of carbonyl (C=O) groups is 2. The Balaban J connectivity index is 1.81. The van der Waals surface area contributed by atoms with E-state index in [1.807, 2.05) is 0 Å². The van der Waals surface area contributed by atoms with Crippen LogP contribution in [-0.4, -0.2) is 28.7 Å². The number of amides is 2. The van der Waals surface area contributed by atoms with Gasteiger partial charge in [-0.25, -0.2) is 9.07 Å². The van der Waals surface area contributed by atoms with Gasteiger partial charge in [0, 0.05) is 28.9 Å². The van der Waals surface area contributed by atoms with Gasteiger partial charge in [-0.15, -0.1) is 0 Å². The molecular formula is C20H17FN4O4. The van der Waals surface area contributed by atoms with Gasteiger partial charge in [-0.1, -0.05) is 0 Å². The fourth-order valence-corrected chi connectivity index (χ4v) is 2.64. The van der Waals surface area contributed by atoms with Gasteiger partial charge < -0.3 is 15.8 Å². The summed E-state index contributed by atoms with van der Waals surface area (Å²) < 4.78 is 19.6. The molecule has 148 valence electrons. The number of hydrogen-bond donors (Lipinski definition) is 2. The Labute approximate surface area is 164 Å². The van der Waals surface area contributed by atoms with Crippen molar-refractivity contribution < 1.29 is 18.7 Å². The van der Waals surface area contributed by atoms with E-state index < -0.39 is 23.2 Å². The number of hydrogen-bond acceptors (Lipinski definition) is 5. The second-order valence-corrected chi connectivity index (χ2v) is 6.05. The zero-order valence-corrected chi connectivity index (χ0v) is 15.4. The molecule has 3 N–H and O–H groups in total. The minimum Gasteiger partial charge on any atom is -0.496 e. The van der Waals surface area contributed by atoms with Gasteiger partial charge >= 0.3 is 0 Å². The molecule has 0 fully saturated rings. The monoisotopic (exact) mass is 396 g/mol. The van der Waals surface area contributed by atoms with Crippen LogP contribution < -0.4 is 21.3 Å². The maximum Gasteiger partial charge on any atom is 0.267 e. The summed E-state index contributed by atoms with van der Waals surface area (Å²) in [5.74, 6) is -1.29. The molecule has 0 aliphatic rings. The molecule has 2 aromatic carbocycles. The molecule has 0 saturated carbocycles. The second-order valence-electron chi connectivity index (χ2n) is 6.05. The van der Waals surface area contributed by atoms with E-state index in [4.69, 9.17) is 10.5 Å². The van der Waals surface area contributed by atoms with Gasteiger partial charge in [-0.3, -0.25) is 14.4 Å². The molecular weight excluding hydrogens is 379 g/mol. The van der Waals surface area contributed by atoms with E-state index >= 15 is 0 Å². The van der Waals surface area contributed by atoms with Crippen LogP contribution in [0.5, 0.6) is 5.75 Å². The number of benzene rings is 2. The van der Waals surface area contributed by atoms with Crippen molar-refractivity contribution in [2.75, 3.05) is 12.4 Å². The number of carbonyl (C=O) groups excluding carboxylic acids is 2. The van der Waals surface area contributed by atoms with Crippen LogP contribution in [0.15, 0.2) is 59.4 Å². The fourth-order valence-electron chi connectivity index (χ4n) is 2.64. The molecule has 8 nitrogen and oxygen atoms in total. The molecule has 0 aliphatic carbocycles. The van der Waals surface area contributed by atoms with Crippen LogP contribution in [0.1, 0.15) is 10.4 Å². The first-order valence-electron chi connectivity index (χ1n) is 8.49. The number of methoxy groups -OCH3 is 1. The molecule has 3 rings (SSSR count). The molecule has 29 heavy (non-hydrogen) atoms. The Hall–Kier alpha value is -4.01. The van der Waals surface area contributed by atoms with Crippen molar-refractivity contribution in [1.29, 1.82) is 0 Å². The smallest absolute Gasteiger partial charge is 0.267 e. The molecule has 1 heterocycles. The molecule has 3 aromatic rings. The zero-order chi connectivity index (χ0) is 21.0. The predicted molar refractivity (Wildman–Crippen MR) is 104 cm³/mol. The number of nitrogens with two attached hydrogens (primary N) is 1. The molecule has 0 spiro atoms. The quantitative estimate of drug-likeness (QED) is 0.659. The maximum atomic E-state index is 13.4. The lowest BCUT2D eigenvalue weighted by molar-refractivity contribution is -0.117. The van der Waals surface area contributed by atoms with Gasteiger partial charge in [0.2, 0.25) is 11.8 Å². The minimum absolute atomic E-state index is 0.252. The number of aromatic nitrogens is 2. The second kappa shape index (κ2) is 8.34. The lowest BCUT2D eigenvalue weighted by atomic mass is 10.1. The summed E-state index contributed by atoms with van der Waals surface area (Å²) in [5.41, 5.74) is 6.26. The Kier molecular flexibility index (Phi) is 5.68. The number of anilines is 1. The molecule has 0 bridgehead atoms. The van der Waals surface area contributed by atoms with Crippen LogP contribution in [0.4, 0.5) is 10.1 Å². The zero-order valence-electron chi connectivity index (χ0n) is 15.4. The Morgan fingerprint density at radius 3 is 2.52 bits per heavy atom. The van der Waals surface area contributed by atoms with Crippen LogP contribution in [-0.2, 0) is 11.3 Å². The average molecular weight is 396 g/mol. The molecule has 0 unspecified atom stereocenters. The summed E-state index contributed by atoms with van der Waals surface area (Å²) in [7, 11) is 1.39. The molecule has 0 atom stereocenters. The third kappa shape index (κ3) is 4.64. The van der Waals surface area contributed by atoms with E-state index in [1.54, 1.807) is 0 Å². The Morgan fingerprint density at radius 1 is 1.14 bits per heavy atom. The van der Waals surface area contributed by atoms with E-state index in [9.17, 15) is 18.8 Å². The molecule has 0 radical (unpaired) electrons. The summed E-state index contributed by atoms with van der Waals surface area (Å²) in [5, 5.41) is 6.79. The van der Waals surface area contributed by atoms with E-state index in [-0.39, 0.29) is 12.3 Å². The highest BCUT2D eigenvalue weighted by Crippen LogP contribution is 2.28. The van der Waals surface area contributed by atoms with Gasteiger partial charge in [-0.05, 0) is 42.5 Å². The van der Waals surface area contributed by atoms with E-state index in [0.717, 1.165) is 4.68 Å². The summed E-state index contributed by atoms with van der Waals surface area (Å²) in [6.07, 6.45) is 0. The summed E-state index contributed by atoms with van der Waals surface area (Å²) >= 11 is 0. The van der Waals surface area contributed by atoms with Gasteiger partial charge in [0.05, 0.1) is 12.8 Å². The molecule has 2 amide bonds. The third-order valence-corrected chi connectivity index (χ3v) is 4.05. The number of nitrogens with zero attached hydrogens (tertiary/aromatic N) is 2. The summed E-state index contributed by atoms with van der Waals surface area (Å²) in [6.45, 7) is -0.340. The van der Waals surface area contributed by atoms with Gasteiger partial charge in [0.15, 0.2) is 0 Å². The van der Waals surface area contributed by atoms with Crippen molar-refractivity contribution in [3.63, 3.8) is 0 Å². The minimum atomic E-state index is -0.577. The first-order valence-corrected chi connectivity index (χ1v) is 8.49. The Bertz CT molecular complexity index is 1130. The molecule has 0 saturated heterocycles. The standard InChI is InChI=1S/C20H17FN4O4/c1-29-17-10-13(21)4-7-15(17)16-8-9-19(27)25(24-16)11-18(26)23-14-5-2-12(3-6-14)20(22)28/h2-10H,11H2,1H3,(H2,22,28)(H,23,26). The molecule has 0 aliphatic heterocycles. The lowest BCUT2D eigenvalue weighted by Gasteiger charge is -2.11. The van der Waals surface area contributed by atoms with Gasteiger partial charge in [0.1, 0.15) is 18.1 Å². The van der Waals surface area contributed by atoms with E-state index in [2.05, 4.69) is 10.4 Å².